The maximum absolute atomic E-state index is 13.0. The number of aromatic nitrogens is 2. The third kappa shape index (κ3) is 4.26. The highest BCUT2D eigenvalue weighted by molar-refractivity contribution is 5.68. The molecule has 8 heteroatoms. The van der Waals surface area contributed by atoms with Crippen molar-refractivity contribution in [3.63, 3.8) is 0 Å². The van der Waals surface area contributed by atoms with Crippen molar-refractivity contribution in [1.82, 2.24) is 14.9 Å². The highest BCUT2D eigenvalue weighted by atomic mass is 19.4. The van der Waals surface area contributed by atoms with Crippen molar-refractivity contribution in [2.75, 3.05) is 0 Å². The lowest BCUT2D eigenvalue weighted by Gasteiger charge is -2.25. The number of hydrogen-bond donors (Lipinski definition) is 1. The number of nitrogens with zero attached hydrogens (tertiary/aromatic N) is 2. The molecule has 1 aromatic carbocycles. The second kappa shape index (κ2) is 6.58. The number of alkyl carbamates (subject to hydrolysis) is 1. The van der Waals surface area contributed by atoms with Gasteiger partial charge < -0.3 is 14.6 Å². The molecule has 1 amide bonds. The van der Waals surface area contributed by atoms with Crippen LogP contribution in [0.2, 0.25) is 0 Å². The number of imidazole rings is 1. The normalized spacial score (nSPS) is 16.5. The molecule has 0 aliphatic carbocycles. The molecule has 3 rings (SSSR count). The van der Waals surface area contributed by atoms with Crippen LogP contribution in [0.3, 0.4) is 0 Å². The van der Waals surface area contributed by atoms with E-state index in [9.17, 15) is 18.0 Å². The summed E-state index contributed by atoms with van der Waals surface area (Å²) in [6.45, 7) is 8.01. The summed E-state index contributed by atoms with van der Waals surface area (Å²) in [5.41, 5.74) is 0.994. The Hall–Kier alpha value is -2.51. The Balaban J connectivity index is 1.82. The molecular weight excluding hydrogens is 359 g/mol. The number of carbonyl (C=O) groups is 1. The average Bonchev–Trinajstić information content (AvgIpc) is 2.95. The second-order valence-electron chi connectivity index (χ2n) is 7.78. The van der Waals surface area contributed by atoms with Crippen molar-refractivity contribution in [1.29, 1.82) is 0 Å². The molecule has 2 heterocycles. The predicted molar refractivity (Wildman–Crippen MR) is 94.2 cm³/mol. The van der Waals surface area contributed by atoms with Gasteiger partial charge in [0.2, 0.25) is 0 Å². The molecule has 0 radical (unpaired) electrons. The molecule has 0 fully saturated rings. The van der Waals surface area contributed by atoms with Crippen molar-refractivity contribution in [3.05, 3.63) is 41.2 Å². The number of rotatable bonds is 2. The van der Waals surface area contributed by atoms with Crippen LogP contribution in [-0.2, 0) is 24.0 Å². The average molecular weight is 381 g/mol. The molecule has 0 saturated carbocycles. The van der Waals surface area contributed by atoms with Gasteiger partial charge in [0.15, 0.2) is 5.69 Å². The van der Waals surface area contributed by atoms with Crippen LogP contribution < -0.4 is 5.32 Å². The third-order valence-corrected chi connectivity index (χ3v) is 4.26. The summed E-state index contributed by atoms with van der Waals surface area (Å²) in [6.07, 6.45) is -3.92. The third-order valence-electron chi connectivity index (χ3n) is 4.26. The lowest BCUT2D eigenvalue weighted by atomic mass is 9.90. The van der Waals surface area contributed by atoms with Crippen LogP contribution in [0, 0.1) is 0 Å². The van der Waals surface area contributed by atoms with Crippen molar-refractivity contribution in [2.24, 2.45) is 0 Å². The van der Waals surface area contributed by atoms with Crippen LogP contribution >= 0.6 is 0 Å². The molecule has 5 nitrogen and oxygen atoms in total. The largest absolute Gasteiger partial charge is 0.444 e. The summed E-state index contributed by atoms with van der Waals surface area (Å²) in [6, 6.07) is 5.44. The molecule has 1 atom stereocenters. The SMILES string of the molecule is CC1Cn2cc(C(F)(F)F)nc2-c2ccc(CNC(=O)OC(C)(C)C)cc21. The Kier molecular flexibility index (Phi) is 4.69. The minimum atomic E-state index is -4.47. The molecule has 1 aromatic heterocycles. The number of halogens is 3. The number of carbonyl (C=O) groups excluding carboxylic acids is 1. The first kappa shape index (κ1) is 19.3. The van der Waals surface area contributed by atoms with Gasteiger partial charge in [0.1, 0.15) is 11.4 Å². The minimum Gasteiger partial charge on any atom is -0.444 e. The smallest absolute Gasteiger partial charge is 0.434 e. The molecule has 1 N–H and O–H groups in total. The first-order chi connectivity index (χ1) is 12.4. The first-order valence-corrected chi connectivity index (χ1v) is 8.68. The first-order valence-electron chi connectivity index (χ1n) is 8.68. The number of fused-ring (bicyclic) bond motifs is 3. The van der Waals surface area contributed by atoms with Crippen molar-refractivity contribution >= 4 is 6.09 Å². The van der Waals surface area contributed by atoms with Gasteiger partial charge in [-0.25, -0.2) is 9.78 Å². The Labute approximate surface area is 155 Å². The van der Waals surface area contributed by atoms with E-state index in [1.54, 1.807) is 37.5 Å². The standard InChI is InChI=1S/C19H22F3N3O2/c1-11-9-25-10-15(19(20,21)22)24-16(25)13-6-5-12(7-14(11)13)8-23-17(26)27-18(2,3)4/h5-7,10-11H,8-9H2,1-4H3,(H,23,26). The van der Waals surface area contributed by atoms with Crippen LogP contribution in [0.25, 0.3) is 11.4 Å². The van der Waals surface area contributed by atoms with Gasteiger partial charge >= 0.3 is 12.3 Å². The van der Waals surface area contributed by atoms with E-state index in [0.717, 1.165) is 17.3 Å². The van der Waals surface area contributed by atoms with E-state index in [4.69, 9.17) is 4.74 Å². The van der Waals surface area contributed by atoms with Gasteiger partial charge in [-0.3, -0.25) is 0 Å². The molecule has 1 aliphatic rings. The number of hydrogen-bond acceptors (Lipinski definition) is 3. The summed E-state index contributed by atoms with van der Waals surface area (Å²) in [7, 11) is 0. The van der Waals surface area contributed by atoms with Gasteiger partial charge in [0.25, 0.3) is 0 Å². The molecule has 2 aromatic rings. The maximum atomic E-state index is 13.0. The van der Waals surface area contributed by atoms with E-state index in [2.05, 4.69) is 10.3 Å². The molecular formula is C19H22F3N3O2. The summed E-state index contributed by atoms with van der Waals surface area (Å²) >= 11 is 0. The van der Waals surface area contributed by atoms with Crippen LogP contribution in [0.4, 0.5) is 18.0 Å². The zero-order chi connectivity index (χ0) is 20.0. The Morgan fingerprint density at radius 1 is 1.33 bits per heavy atom. The number of benzene rings is 1. The zero-order valence-corrected chi connectivity index (χ0v) is 15.6. The molecule has 27 heavy (non-hydrogen) atoms. The highest BCUT2D eigenvalue weighted by Crippen LogP contribution is 2.38. The summed E-state index contributed by atoms with van der Waals surface area (Å²) < 4.78 is 45.7. The molecule has 146 valence electrons. The highest BCUT2D eigenvalue weighted by Gasteiger charge is 2.36. The molecule has 0 saturated heterocycles. The number of nitrogens with one attached hydrogen (secondary N) is 1. The second-order valence-corrected chi connectivity index (χ2v) is 7.78. The van der Waals surface area contributed by atoms with Crippen LogP contribution in [0.1, 0.15) is 50.4 Å². The monoisotopic (exact) mass is 381 g/mol. The predicted octanol–water partition coefficient (Wildman–Crippen LogP) is 4.71. The van der Waals surface area contributed by atoms with Gasteiger partial charge in [-0.2, -0.15) is 13.2 Å². The van der Waals surface area contributed by atoms with Gasteiger partial charge in [0.05, 0.1) is 0 Å². The lowest BCUT2D eigenvalue weighted by molar-refractivity contribution is -0.140. The lowest BCUT2D eigenvalue weighted by Crippen LogP contribution is -2.32. The van der Waals surface area contributed by atoms with E-state index in [1.165, 1.54) is 0 Å². The van der Waals surface area contributed by atoms with E-state index in [0.29, 0.717) is 17.9 Å². The fourth-order valence-corrected chi connectivity index (χ4v) is 3.12. The van der Waals surface area contributed by atoms with E-state index in [1.807, 2.05) is 13.0 Å². The number of ether oxygens (including phenoxy) is 1. The van der Waals surface area contributed by atoms with Gasteiger partial charge in [-0.05, 0) is 37.8 Å². The summed E-state index contributed by atoms with van der Waals surface area (Å²) in [5.74, 6) is 0.353. The van der Waals surface area contributed by atoms with Crippen molar-refractivity contribution in [2.45, 2.75) is 58.5 Å². The van der Waals surface area contributed by atoms with E-state index >= 15 is 0 Å². The van der Waals surface area contributed by atoms with E-state index in [-0.39, 0.29) is 12.5 Å². The quantitative estimate of drug-likeness (QED) is 0.820. The number of alkyl halides is 3. The molecule has 0 bridgehead atoms. The molecule has 1 unspecified atom stereocenters. The maximum Gasteiger partial charge on any atom is 0.434 e. The van der Waals surface area contributed by atoms with Crippen LogP contribution in [0.5, 0.6) is 0 Å². The Morgan fingerprint density at radius 3 is 2.67 bits per heavy atom. The van der Waals surface area contributed by atoms with E-state index < -0.39 is 23.6 Å². The fraction of sp³-hybridized carbons (Fsp3) is 0.474. The van der Waals surface area contributed by atoms with Gasteiger partial charge in [0, 0.05) is 24.8 Å². The molecule has 0 spiro atoms. The van der Waals surface area contributed by atoms with Gasteiger partial charge in [-0.15, -0.1) is 0 Å². The topological polar surface area (TPSA) is 56.2 Å². The summed E-state index contributed by atoms with van der Waals surface area (Å²) in [4.78, 5) is 15.6. The van der Waals surface area contributed by atoms with Crippen LogP contribution in [0.15, 0.2) is 24.4 Å². The molecule has 1 aliphatic heterocycles. The fourth-order valence-electron chi connectivity index (χ4n) is 3.12. The zero-order valence-electron chi connectivity index (χ0n) is 15.6. The van der Waals surface area contributed by atoms with Crippen molar-refractivity contribution in [3.8, 4) is 11.4 Å². The van der Waals surface area contributed by atoms with Crippen LogP contribution in [-0.4, -0.2) is 21.2 Å². The summed E-state index contributed by atoms with van der Waals surface area (Å²) in [5, 5.41) is 2.69. The Bertz CT molecular complexity index is 866. The number of amides is 1. The van der Waals surface area contributed by atoms with Crippen molar-refractivity contribution < 1.29 is 22.7 Å². The Morgan fingerprint density at radius 2 is 2.04 bits per heavy atom. The minimum absolute atomic E-state index is 0.0317. The van der Waals surface area contributed by atoms with Gasteiger partial charge in [-0.1, -0.05) is 25.1 Å².